The molecule has 0 unspecified atom stereocenters. The molecule has 3 rings (SSSR count). The quantitative estimate of drug-likeness (QED) is 0.773. The molecule has 2 N–H and O–H groups in total. The van der Waals surface area contributed by atoms with Crippen LogP contribution in [0.2, 0.25) is 0 Å². The normalized spacial score (nSPS) is 13.5. The highest BCUT2D eigenvalue weighted by molar-refractivity contribution is 9.10. The number of methoxy groups -OCH3 is 1. The number of nitrogens with one attached hydrogen (secondary N) is 2. The van der Waals surface area contributed by atoms with Crippen LogP contribution in [-0.2, 0) is 9.59 Å². The molecule has 124 valence electrons. The molecule has 0 spiro atoms. The molecule has 2 amide bonds. The van der Waals surface area contributed by atoms with Gasteiger partial charge in [-0.15, -0.1) is 0 Å². The summed E-state index contributed by atoms with van der Waals surface area (Å²) in [6.45, 7) is 0. The van der Waals surface area contributed by atoms with Crippen LogP contribution in [0.25, 0.3) is 5.57 Å². The standard InChI is InChI=1S/C18H12BrN3O3/c1-25-14-8-11(19)5-6-13(14)15-16(18(24)22-17(15)23)21-12-4-2-3-10(7-12)9-20/h2-8H,1H3,(H2,21,22,23,24). The van der Waals surface area contributed by atoms with Gasteiger partial charge in [0.25, 0.3) is 11.8 Å². The summed E-state index contributed by atoms with van der Waals surface area (Å²) in [6.07, 6.45) is 0. The van der Waals surface area contributed by atoms with Crippen LogP contribution in [0.4, 0.5) is 5.69 Å². The van der Waals surface area contributed by atoms with Gasteiger partial charge in [-0.3, -0.25) is 14.9 Å². The summed E-state index contributed by atoms with van der Waals surface area (Å²) >= 11 is 3.35. The minimum absolute atomic E-state index is 0.112. The first kappa shape index (κ1) is 16.7. The second-order valence-corrected chi connectivity index (χ2v) is 6.11. The average Bonchev–Trinajstić information content (AvgIpc) is 2.88. The number of ether oxygens (including phenoxy) is 1. The predicted molar refractivity (Wildman–Crippen MR) is 95.5 cm³/mol. The maximum absolute atomic E-state index is 12.3. The summed E-state index contributed by atoms with van der Waals surface area (Å²) in [5, 5.41) is 14.2. The van der Waals surface area contributed by atoms with Crippen LogP contribution in [0.15, 0.2) is 52.6 Å². The maximum Gasteiger partial charge on any atom is 0.275 e. The third-order valence-electron chi connectivity index (χ3n) is 3.63. The minimum atomic E-state index is -0.535. The van der Waals surface area contributed by atoms with Gasteiger partial charge in [0, 0.05) is 15.7 Å². The van der Waals surface area contributed by atoms with Gasteiger partial charge < -0.3 is 10.1 Å². The molecular formula is C18H12BrN3O3. The summed E-state index contributed by atoms with van der Waals surface area (Å²) in [7, 11) is 1.49. The van der Waals surface area contributed by atoms with Crippen molar-refractivity contribution in [2.24, 2.45) is 0 Å². The topological polar surface area (TPSA) is 91.2 Å². The van der Waals surface area contributed by atoms with Crippen molar-refractivity contribution < 1.29 is 14.3 Å². The van der Waals surface area contributed by atoms with Crippen LogP contribution in [-0.4, -0.2) is 18.9 Å². The molecule has 7 heteroatoms. The molecular weight excluding hydrogens is 386 g/mol. The van der Waals surface area contributed by atoms with E-state index in [4.69, 9.17) is 10.00 Å². The Kier molecular flexibility index (Phi) is 4.55. The van der Waals surface area contributed by atoms with E-state index in [1.54, 1.807) is 42.5 Å². The molecule has 1 aliphatic rings. The molecule has 2 aromatic rings. The first-order valence-electron chi connectivity index (χ1n) is 7.24. The Morgan fingerprint density at radius 1 is 1.16 bits per heavy atom. The number of anilines is 1. The van der Waals surface area contributed by atoms with E-state index >= 15 is 0 Å². The Bertz CT molecular complexity index is 960. The number of hydrogen-bond acceptors (Lipinski definition) is 5. The summed E-state index contributed by atoms with van der Waals surface area (Å²) in [5.41, 5.74) is 1.77. The van der Waals surface area contributed by atoms with Crippen LogP contribution >= 0.6 is 15.9 Å². The molecule has 0 atom stereocenters. The van der Waals surface area contributed by atoms with Crippen molar-refractivity contribution in [3.05, 3.63) is 63.8 Å². The lowest BCUT2D eigenvalue weighted by Crippen LogP contribution is -2.24. The number of nitriles is 1. The molecule has 0 aliphatic carbocycles. The van der Waals surface area contributed by atoms with Crippen molar-refractivity contribution in [2.75, 3.05) is 12.4 Å². The van der Waals surface area contributed by atoms with E-state index in [0.717, 1.165) is 4.47 Å². The van der Waals surface area contributed by atoms with Gasteiger partial charge in [0.15, 0.2) is 0 Å². The summed E-state index contributed by atoms with van der Waals surface area (Å²) in [5.74, 6) is -0.587. The molecule has 0 radical (unpaired) electrons. The number of carbonyl (C=O) groups is 2. The Morgan fingerprint density at radius 2 is 1.96 bits per heavy atom. The van der Waals surface area contributed by atoms with E-state index in [-0.39, 0.29) is 11.3 Å². The van der Waals surface area contributed by atoms with Crippen LogP contribution in [0, 0.1) is 11.3 Å². The molecule has 6 nitrogen and oxygen atoms in total. The van der Waals surface area contributed by atoms with E-state index in [2.05, 4.69) is 26.6 Å². The van der Waals surface area contributed by atoms with Gasteiger partial charge >= 0.3 is 0 Å². The minimum Gasteiger partial charge on any atom is -0.496 e. The molecule has 0 fully saturated rings. The van der Waals surface area contributed by atoms with E-state index in [0.29, 0.717) is 22.6 Å². The predicted octanol–water partition coefficient (Wildman–Crippen LogP) is 2.81. The van der Waals surface area contributed by atoms with Crippen LogP contribution in [0.5, 0.6) is 5.75 Å². The van der Waals surface area contributed by atoms with Crippen LogP contribution in [0.3, 0.4) is 0 Å². The van der Waals surface area contributed by atoms with E-state index in [9.17, 15) is 9.59 Å². The van der Waals surface area contributed by atoms with Crippen molar-refractivity contribution in [2.45, 2.75) is 0 Å². The SMILES string of the molecule is COc1cc(Br)ccc1C1=C(Nc2cccc(C#N)c2)C(=O)NC1=O. The lowest BCUT2D eigenvalue weighted by molar-refractivity contribution is -0.123. The van der Waals surface area contributed by atoms with Crippen molar-refractivity contribution in [3.8, 4) is 11.8 Å². The van der Waals surface area contributed by atoms with Crippen LogP contribution < -0.4 is 15.4 Å². The zero-order valence-electron chi connectivity index (χ0n) is 13.1. The molecule has 0 bridgehead atoms. The first-order chi connectivity index (χ1) is 12.0. The second-order valence-electron chi connectivity index (χ2n) is 5.20. The lowest BCUT2D eigenvalue weighted by Gasteiger charge is -2.11. The van der Waals surface area contributed by atoms with Gasteiger partial charge in [0.05, 0.1) is 24.3 Å². The van der Waals surface area contributed by atoms with Gasteiger partial charge in [-0.25, -0.2) is 0 Å². The fraction of sp³-hybridized carbons (Fsp3) is 0.0556. The van der Waals surface area contributed by atoms with Crippen molar-refractivity contribution in [1.29, 1.82) is 5.26 Å². The number of imide groups is 1. The van der Waals surface area contributed by atoms with E-state index < -0.39 is 11.8 Å². The third kappa shape index (κ3) is 3.25. The van der Waals surface area contributed by atoms with E-state index in [1.807, 2.05) is 6.07 Å². The number of halogens is 1. The van der Waals surface area contributed by atoms with Gasteiger partial charge in [-0.2, -0.15) is 5.26 Å². The fourth-order valence-electron chi connectivity index (χ4n) is 2.51. The van der Waals surface area contributed by atoms with Crippen molar-refractivity contribution in [3.63, 3.8) is 0 Å². The van der Waals surface area contributed by atoms with E-state index in [1.165, 1.54) is 7.11 Å². The first-order valence-corrected chi connectivity index (χ1v) is 8.04. The molecule has 1 aliphatic heterocycles. The van der Waals surface area contributed by atoms with Crippen molar-refractivity contribution >= 4 is 39.0 Å². The number of carbonyl (C=O) groups excluding carboxylic acids is 2. The average molecular weight is 398 g/mol. The highest BCUT2D eigenvalue weighted by Crippen LogP contribution is 2.33. The molecule has 2 aromatic carbocycles. The Morgan fingerprint density at radius 3 is 2.68 bits per heavy atom. The second kappa shape index (κ2) is 6.79. The van der Waals surface area contributed by atoms with Gasteiger partial charge in [0.2, 0.25) is 0 Å². The fourth-order valence-corrected chi connectivity index (χ4v) is 2.85. The number of amides is 2. The molecule has 25 heavy (non-hydrogen) atoms. The molecule has 0 saturated heterocycles. The number of nitrogens with zero attached hydrogens (tertiary/aromatic N) is 1. The van der Waals surface area contributed by atoms with Crippen LogP contribution in [0.1, 0.15) is 11.1 Å². The molecule has 0 saturated carbocycles. The zero-order chi connectivity index (χ0) is 18.0. The zero-order valence-corrected chi connectivity index (χ0v) is 14.7. The Labute approximate surface area is 152 Å². The monoisotopic (exact) mass is 397 g/mol. The maximum atomic E-state index is 12.3. The largest absolute Gasteiger partial charge is 0.496 e. The molecule has 1 heterocycles. The van der Waals surface area contributed by atoms with Gasteiger partial charge in [0.1, 0.15) is 11.4 Å². The highest BCUT2D eigenvalue weighted by Gasteiger charge is 2.33. The smallest absolute Gasteiger partial charge is 0.275 e. The van der Waals surface area contributed by atoms with Gasteiger partial charge in [-0.1, -0.05) is 22.0 Å². The summed E-state index contributed by atoms with van der Waals surface area (Å²) in [6, 6.07) is 13.8. The summed E-state index contributed by atoms with van der Waals surface area (Å²) < 4.78 is 6.12. The number of benzene rings is 2. The summed E-state index contributed by atoms with van der Waals surface area (Å²) in [4.78, 5) is 24.5. The lowest BCUT2D eigenvalue weighted by atomic mass is 10.0. The third-order valence-corrected chi connectivity index (χ3v) is 4.12. The number of hydrogen-bond donors (Lipinski definition) is 2. The number of rotatable bonds is 4. The van der Waals surface area contributed by atoms with Gasteiger partial charge in [-0.05, 0) is 36.4 Å². The Hall–Kier alpha value is -3.11. The molecule has 0 aromatic heterocycles. The highest BCUT2D eigenvalue weighted by atomic mass is 79.9. The Balaban J connectivity index is 2.11. The van der Waals surface area contributed by atoms with Crippen molar-refractivity contribution in [1.82, 2.24) is 5.32 Å².